The quantitative estimate of drug-likeness (QED) is 0.777. The molecule has 4 heteroatoms. The van der Waals surface area contributed by atoms with Crippen LogP contribution in [0.1, 0.15) is 6.42 Å². The van der Waals surface area contributed by atoms with Crippen LogP contribution in [0.15, 0.2) is 24.3 Å². The van der Waals surface area contributed by atoms with Gasteiger partial charge in [-0.1, -0.05) is 12.1 Å². The molecule has 0 radical (unpaired) electrons. The van der Waals surface area contributed by atoms with E-state index in [-0.39, 0.29) is 0 Å². The van der Waals surface area contributed by atoms with Crippen LogP contribution in [-0.4, -0.2) is 40.0 Å². The number of nitrogens with zero attached hydrogens (tertiary/aromatic N) is 1. The number of anilines is 1. The summed E-state index contributed by atoms with van der Waals surface area (Å²) in [6.07, 6.45) is 1.17. The first-order valence-corrected chi connectivity index (χ1v) is 6.51. The van der Waals surface area contributed by atoms with Crippen LogP contribution in [0.5, 0.6) is 5.75 Å². The standard InChI is InChI=1S/C14H22N2O2/c1-17-8-9-18-14-5-3-2-4-13(14)16-7-6-12(10-15)11-16/h2-5,12H,6-11,15H2,1H3. The van der Waals surface area contributed by atoms with Crippen molar-refractivity contribution in [1.82, 2.24) is 0 Å². The molecule has 0 saturated carbocycles. The molecule has 2 rings (SSSR count). The smallest absolute Gasteiger partial charge is 0.142 e. The summed E-state index contributed by atoms with van der Waals surface area (Å²) in [5.41, 5.74) is 6.91. The van der Waals surface area contributed by atoms with Gasteiger partial charge in [0, 0.05) is 20.2 Å². The van der Waals surface area contributed by atoms with Gasteiger partial charge in [0.1, 0.15) is 12.4 Å². The van der Waals surface area contributed by atoms with Gasteiger partial charge in [0.05, 0.1) is 12.3 Å². The molecule has 2 N–H and O–H groups in total. The number of ether oxygens (including phenoxy) is 2. The Bertz CT molecular complexity index is 371. The minimum atomic E-state index is 0.585. The first kappa shape index (κ1) is 13.2. The lowest BCUT2D eigenvalue weighted by Crippen LogP contribution is -2.23. The Morgan fingerprint density at radius 1 is 1.33 bits per heavy atom. The molecule has 1 fully saturated rings. The lowest BCUT2D eigenvalue weighted by Gasteiger charge is -2.21. The lowest BCUT2D eigenvalue weighted by molar-refractivity contribution is 0.146. The summed E-state index contributed by atoms with van der Waals surface area (Å²) in [4.78, 5) is 2.36. The molecule has 1 aromatic rings. The van der Waals surface area contributed by atoms with E-state index in [1.54, 1.807) is 7.11 Å². The van der Waals surface area contributed by atoms with Gasteiger partial charge in [0.15, 0.2) is 0 Å². The highest BCUT2D eigenvalue weighted by molar-refractivity contribution is 5.59. The van der Waals surface area contributed by atoms with Crippen molar-refractivity contribution in [2.45, 2.75) is 6.42 Å². The molecular formula is C14H22N2O2. The summed E-state index contributed by atoms with van der Waals surface area (Å²) >= 11 is 0. The van der Waals surface area contributed by atoms with Crippen LogP contribution in [-0.2, 0) is 4.74 Å². The molecule has 1 saturated heterocycles. The third kappa shape index (κ3) is 3.15. The molecule has 1 heterocycles. The second-order valence-electron chi connectivity index (χ2n) is 4.65. The monoisotopic (exact) mass is 250 g/mol. The summed E-state index contributed by atoms with van der Waals surface area (Å²) in [6, 6.07) is 8.18. The highest BCUT2D eigenvalue weighted by atomic mass is 16.5. The summed E-state index contributed by atoms with van der Waals surface area (Å²) in [5.74, 6) is 1.55. The normalized spacial score (nSPS) is 19.2. The largest absolute Gasteiger partial charge is 0.489 e. The van der Waals surface area contributed by atoms with Crippen LogP contribution >= 0.6 is 0 Å². The average molecular weight is 250 g/mol. The summed E-state index contributed by atoms with van der Waals surface area (Å²) < 4.78 is 10.8. The number of methoxy groups -OCH3 is 1. The minimum Gasteiger partial charge on any atom is -0.489 e. The zero-order valence-electron chi connectivity index (χ0n) is 11.0. The first-order chi connectivity index (χ1) is 8.85. The highest BCUT2D eigenvalue weighted by Gasteiger charge is 2.23. The van der Waals surface area contributed by atoms with Gasteiger partial charge >= 0.3 is 0 Å². The minimum absolute atomic E-state index is 0.585. The van der Waals surface area contributed by atoms with E-state index in [9.17, 15) is 0 Å². The molecule has 18 heavy (non-hydrogen) atoms. The van der Waals surface area contributed by atoms with Gasteiger partial charge < -0.3 is 20.1 Å². The van der Waals surface area contributed by atoms with Crippen LogP contribution in [0.25, 0.3) is 0 Å². The maximum atomic E-state index is 5.76. The Kier molecular flexibility index (Phi) is 4.84. The van der Waals surface area contributed by atoms with E-state index in [0.29, 0.717) is 19.1 Å². The Labute approximate surface area is 109 Å². The molecule has 0 bridgehead atoms. The van der Waals surface area contributed by atoms with Crippen molar-refractivity contribution in [3.05, 3.63) is 24.3 Å². The van der Waals surface area contributed by atoms with E-state index in [1.165, 1.54) is 12.1 Å². The predicted octanol–water partition coefficient (Wildman–Crippen LogP) is 1.50. The van der Waals surface area contributed by atoms with Crippen LogP contribution < -0.4 is 15.4 Å². The Morgan fingerprint density at radius 3 is 2.89 bits per heavy atom. The molecule has 4 nitrogen and oxygen atoms in total. The number of hydrogen-bond acceptors (Lipinski definition) is 4. The molecule has 0 aliphatic carbocycles. The van der Waals surface area contributed by atoms with Gasteiger partial charge in [0.25, 0.3) is 0 Å². The van der Waals surface area contributed by atoms with Crippen molar-refractivity contribution in [3.63, 3.8) is 0 Å². The topological polar surface area (TPSA) is 47.7 Å². The summed E-state index contributed by atoms with van der Waals surface area (Å²) in [7, 11) is 1.68. The molecule has 100 valence electrons. The van der Waals surface area contributed by atoms with Crippen LogP contribution in [0.2, 0.25) is 0 Å². The molecule has 1 aliphatic rings. The van der Waals surface area contributed by atoms with E-state index in [4.69, 9.17) is 15.2 Å². The van der Waals surface area contributed by atoms with Gasteiger partial charge in [0.2, 0.25) is 0 Å². The molecule has 1 unspecified atom stereocenters. The van der Waals surface area contributed by atoms with Gasteiger partial charge in [-0.25, -0.2) is 0 Å². The average Bonchev–Trinajstić information content (AvgIpc) is 2.88. The van der Waals surface area contributed by atoms with Crippen LogP contribution in [0.3, 0.4) is 0 Å². The van der Waals surface area contributed by atoms with Crippen molar-refractivity contribution in [2.24, 2.45) is 11.7 Å². The fraction of sp³-hybridized carbons (Fsp3) is 0.571. The number of nitrogens with two attached hydrogens (primary N) is 1. The molecule has 0 spiro atoms. The number of hydrogen-bond donors (Lipinski definition) is 1. The van der Waals surface area contributed by atoms with Gasteiger partial charge in [-0.15, -0.1) is 0 Å². The first-order valence-electron chi connectivity index (χ1n) is 6.51. The van der Waals surface area contributed by atoms with Crippen molar-refractivity contribution in [1.29, 1.82) is 0 Å². The molecule has 1 atom stereocenters. The number of rotatable bonds is 6. The second kappa shape index (κ2) is 6.61. The van der Waals surface area contributed by atoms with Crippen LogP contribution in [0, 0.1) is 5.92 Å². The molecule has 0 aromatic heterocycles. The molecule has 0 amide bonds. The predicted molar refractivity (Wildman–Crippen MR) is 73.2 cm³/mol. The van der Waals surface area contributed by atoms with E-state index in [2.05, 4.69) is 11.0 Å². The lowest BCUT2D eigenvalue weighted by atomic mass is 10.1. The fourth-order valence-corrected chi connectivity index (χ4v) is 2.32. The highest BCUT2D eigenvalue weighted by Crippen LogP contribution is 2.31. The zero-order chi connectivity index (χ0) is 12.8. The van der Waals surface area contributed by atoms with Gasteiger partial charge in [-0.2, -0.15) is 0 Å². The van der Waals surface area contributed by atoms with E-state index in [0.717, 1.165) is 25.4 Å². The van der Waals surface area contributed by atoms with Crippen LogP contribution in [0.4, 0.5) is 5.69 Å². The number of para-hydroxylation sites is 2. The molecule has 1 aromatic carbocycles. The Hall–Kier alpha value is -1.26. The molecule has 1 aliphatic heterocycles. The van der Waals surface area contributed by atoms with Crippen molar-refractivity contribution < 1.29 is 9.47 Å². The number of benzene rings is 1. The Balaban J connectivity index is 2.03. The summed E-state index contributed by atoms with van der Waals surface area (Å²) in [6.45, 7) is 4.05. The van der Waals surface area contributed by atoms with Gasteiger partial charge in [-0.05, 0) is 31.0 Å². The van der Waals surface area contributed by atoms with E-state index >= 15 is 0 Å². The van der Waals surface area contributed by atoms with Gasteiger partial charge in [-0.3, -0.25) is 0 Å². The fourth-order valence-electron chi connectivity index (χ4n) is 2.32. The maximum Gasteiger partial charge on any atom is 0.142 e. The summed E-state index contributed by atoms with van der Waals surface area (Å²) in [5, 5.41) is 0. The zero-order valence-corrected chi connectivity index (χ0v) is 11.0. The SMILES string of the molecule is COCCOc1ccccc1N1CCC(CN)C1. The molecular weight excluding hydrogens is 228 g/mol. The van der Waals surface area contributed by atoms with Crippen molar-refractivity contribution in [3.8, 4) is 5.75 Å². The van der Waals surface area contributed by atoms with E-state index in [1.807, 2.05) is 18.2 Å². The third-order valence-electron chi connectivity index (χ3n) is 3.37. The van der Waals surface area contributed by atoms with Crippen molar-refractivity contribution >= 4 is 5.69 Å². The van der Waals surface area contributed by atoms with Crippen molar-refractivity contribution in [2.75, 3.05) is 44.9 Å². The maximum absolute atomic E-state index is 5.76. The third-order valence-corrected chi connectivity index (χ3v) is 3.37. The second-order valence-corrected chi connectivity index (χ2v) is 4.65. The Morgan fingerprint density at radius 2 is 2.17 bits per heavy atom. The van der Waals surface area contributed by atoms with E-state index < -0.39 is 0 Å².